The van der Waals surface area contributed by atoms with Crippen LogP contribution in [0, 0.1) is 40.4 Å². The van der Waals surface area contributed by atoms with E-state index in [0.29, 0.717) is 12.3 Å². The fraction of sp³-hybridized carbons (Fsp3) is 0.958. The van der Waals surface area contributed by atoms with Gasteiger partial charge in [-0.3, -0.25) is 4.79 Å². The van der Waals surface area contributed by atoms with E-state index in [9.17, 15) is 4.79 Å². The first-order valence-electron chi connectivity index (χ1n) is 11.7. The van der Waals surface area contributed by atoms with Gasteiger partial charge in [-0.1, -0.05) is 26.7 Å². The van der Waals surface area contributed by atoms with Gasteiger partial charge in [-0.2, -0.15) is 0 Å². The molecular formula is C24H38F2O2. The number of alkyl halides is 2. The number of methoxy groups -OCH3 is 1. The second-order valence-electron chi connectivity index (χ2n) is 10.9. The maximum absolute atomic E-state index is 15.6. The van der Waals surface area contributed by atoms with Gasteiger partial charge in [-0.15, -0.1) is 0 Å². The minimum atomic E-state index is -2.50. The highest BCUT2D eigenvalue weighted by atomic mass is 19.3. The van der Waals surface area contributed by atoms with Gasteiger partial charge in [-0.25, -0.2) is 8.78 Å². The first kappa shape index (κ1) is 20.6. The Balaban J connectivity index is 1.54. The molecule has 0 heterocycles. The zero-order chi connectivity index (χ0) is 20.2. The summed E-state index contributed by atoms with van der Waals surface area (Å²) in [5, 5.41) is 0. The molecule has 0 aromatic heterocycles. The summed E-state index contributed by atoms with van der Waals surface area (Å²) in [6.45, 7) is 4.66. The Kier molecular flexibility index (Phi) is 5.32. The molecule has 0 aliphatic heterocycles. The smallest absolute Gasteiger partial charge is 0.305 e. The van der Waals surface area contributed by atoms with Crippen LogP contribution in [0.3, 0.4) is 0 Å². The SMILES string of the molecule is COC(=O)CCCC1CCC2C3C(CCC12C)C1(C)CCCCC1CC3(F)F. The summed E-state index contributed by atoms with van der Waals surface area (Å²) in [4.78, 5) is 11.5. The molecule has 0 radical (unpaired) electrons. The normalized spacial score (nSPS) is 47.0. The van der Waals surface area contributed by atoms with Crippen molar-refractivity contribution in [3.05, 3.63) is 0 Å². The number of ether oxygens (including phenoxy) is 1. The molecule has 4 aliphatic rings. The molecule has 0 saturated heterocycles. The monoisotopic (exact) mass is 396 g/mol. The van der Waals surface area contributed by atoms with Gasteiger partial charge < -0.3 is 4.74 Å². The summed E-state index contributed by atoms with van der Waals surface area (Å²) in [6.07, 6.45) is 11.0. The summed E-state index contributed by atoms with van der Waals surface area (Å²) in [7, 11) is 1.43. The molecule has 4 heteroatoms. The second kappa shape index (κ2) is 7.23. The highest BCUT2D eigenvalue weighted by Crippen LogP contribution is 2.70. The minimum Gasteiger partial charge on any atom is -0.469 e. The van der Waals surface area contributed by atoms with Gasteiger partial charge in [0.1, 0.15) is 0 Å². The Labute approximate surface area is 169 Å². The van der Waals surface area contributed by atoms with Crippen molar-refractivity contribution >= 4 is 5.97 Å². The Morgan fingerprint density at radius 1 is 1.00 bits per heavy atom. The molecule has 160 valence electrons. The van der Waals surface area contributed by atoms with Crippen molar-refractivity contribution in [2.24, 2.45) is 40.4 Å². The van der Waals surface area contributed by atoms with Crippen LogP contribution in [-0.2, 0) is 9.53 Å². The highest BCUT2D eigenvalue weighted by molar-refractivity contribution is 5.68. The fourth-order valence-electron chi connectivity index (χ4n) is 8.36. The van der Waals surface area contributed by atoms with E-state index in [2.05, 4.69) is 13.8 Å². The van der Waals surface area contributed by atoms with E-state index in [4.69, 9.17) is 4.74 Å². The van der Waals surface area contributed by atoms with Crippen LogP contribution in [0.25, 0.3) is 0 Å². The van der Waals surface area contributed by atoms with E-state index in [1.807, 2.05) is 0 Å². The van der Waals surface area contributed by atoms with Crippen LogP contribution in [0.4, 0.5) is 8.78 Å². The standard InChI is InChI=1S/C24H38F2O2/c1-22-13-5-4-7-17(22)15-24(25,26)21-18-11-10-16(8-6-9-20(27)28-3)23(18,2)14-12-19(21)22/h16-19,21H,4-15H2,1-3H3. The number of hydrogen-bond acceptors (Lipinski definition) is 2. The van der Waals surface area contributed by atoms with Crippen molar-refractivity contribution in [3.63, 3.8) is 0 Å². The summed E-state index contributed by atoms with van der Waals surface area (Å²) in [5.41, 5.74) is 0.160. The third-order valence-electron chi connectivity index (χ3n) is 9.93. The lowest BCUT2D eigenvalue weighted by atomic mass is 9.44. The molecule has 0 amide bonds. The number of fused-ring (bicyclic) bond motifs is 5. The molecule has 0 N–H and O–H groups in total. The van der Waals surface area contributed by atoms with Gasteiger partial charge in [0, 0.05) is 18.8 Å². The predicted molar refractivity (Wildman–Crippen MR) is 106 cm³/mol. The van der Waals surface area contributed by atoms with E-state index in [1.165, 1.54) is 13.5 Å². The lowest BCUT2D eigenvalue weighted by Gasteiger charge is -2.62. The molecule has 0 aromatic rings. The van der Waals surface area contributed by atoms with Gasteiger partial charge in [0.2, 0.25) is 0 Å². The van der Waals surface area contributed by atoms with Crippen LogP contribution in [0.2, 0.25) is 0 Å². The lowest BCUT2D eigenvalue weighted by Crippen LogP contribution is -2.60. The molecule has 0 spiro atoms. The first-order chi connectivity index (χ1) is 13.2. The second-order valence-corrected chi connectivity index (χ2v) is 10.9. The van der Waals surface area contributed by atoms with Crippen LogP contribution in [0.5, 0.6) is 0 Å². The summed E-state index contributed by atoms with van der Waals surface area (Å²) >= 11 is 0. The Morgan fingerprint density at radius 3 is 2.50 bits per heavy atom. The van der Waals surface area contributed by atoms with Crippen molar-refractivity contribution in [2.45, 2.75) is 96.8 Å². The Bertz CT molecular complexity index is 605. The zero-order valence-electron chi connectivity index (χ0n) is 17.9. The van der Waals surface area contributed by atoms with Gasteiger partial charge in [0.05, 0.1) is 7.11 Å². The van der Waals surface area contributed by atoms with E-state index in [0.717, 1.165) is 57.8 Å². The van der Waals surface area contributed by atoms with Crippen LogP contribution >= 0.6 is 0 Å². The largest absolute Gasteiger partial charge is 0.469 e. The number of hydrogen-bond donors (Lipinski definition) is 0. The molecule has 4 saturated carbocycles. The average Bonchev–Trinajstić information content (AvgIpc) is 2.98. The molecular weight excluding hydrogens is 358 g/mol. The van der Waals surface area contributed by atoms with E-state index >= 15 is 8.78 Å². The van der Waals surface area contributed by atoms with E-state index in [-0.39, 0.29) is 41.0 Å². The molecule has 0 bridgehead atoms. The lowest BCUT2D eigenvalue weighted by molar-refractivity contribution is -0.231. The summed E-state index contributed by atoms with van der Waals surface area (Å²) < 4.78 is 35.9. The van der Waals surface area contributed by atoms with Crippen molar-refractivity contribution in [2.75, 3.05) is 7.11 Å². The van der Waals surface area contributed by atoms with Crippen molar-refractivity contribution in [3.8, 4) is 0 Å². The number of esters is 1. The predicted octanol–water partition coefficient (Wildman–Crippen LogP) is 6.62. The first-order valence-corrected chi connectivity index (χ1v) is 11.7. The topological polar surface area (TPSA) is 26.3 Å². The van der Waals surface area contributed by atoms with Crippen molar-refractivity contribution in [1.82, 2.24) is 0 Å². The molecule has 4 fully saturated rings. The average molecular weight is 397 g/mol. The zero-order valence-corrected chi connectivity index (χ0v) is 17.9. The van der Waals surface area contributed by atoms with Crippen molar-refractivity contribution in [1.29, 1.82) is 0 Å². The van der Waals surface area contributed by atoms with Crippen LogP contribution in [0.1, 0.15) is 90.9 Å². The third kappa shape index (κ3) is 3.12. The Hall–Kier alpha value is -0.670. The van der Waals surface area contributed by atoms with Crippen molar-refractivity contribution < 1.29 is 18.3 Å². The van der Waals surface area contributed by atoms with Crippen LogP contribution < -0.4 is 0 Å². The fourth-order valence-corrected chi connectivity index (χ4v) is 8.36. The summed E-state index contributed by atoms with van der Waals surface area (Å²) in [6, 6.07) is 0. The number of carbonyl (C=O) groups excluding carboxylic acids is 1. The van der Waals surface area contributed by atoms with Crippen LogP contribution in [0.15, 0.2) is 0 Å². The number of rotatable bonds is 4. The molecule has 2 nitrogen and oxygen atoms in total. The number of halogens is 2. The quantitative estimate of drug-likeness (QED) is 0.499. The highest BCUT2D eigenvalue weighted by Gasteiger charge is 2.67. The molecule has 0 aromatic carbocycles. The molecule has 4 rings (SSSR count). The number of carbonyl (C=O) groups is 1. The van der Waals surface area contributed by atoms with Gasteiger partial charge >= 0.3 is 5.97 Å². The van der Waals surface area contributed by atoms with Gasteiger partial charge in [0.25, 0.3) is 5.92 Å². The molecule has 28 heavy (non-hydrogen) atoms. The van der Waals surface area contributed by atoms with Crippen LogP contribution in [-0.4, -0.2) is 19.0 Å². The molecule has 7 atom stereocenters. The maximum atomic E-state index is 15.6. The van der Waals surface area contributed by atoms with Gasteiger partial charge in [0.15, 0.2) is 0 Å². The van der Waals surface area contributed by atoms with E-state index < -0.39 is 11.8 Å². The maximum Gasteiger partial charge on any atom is 0.305 e. The molecule has 7 unspecified atom stereocenters. The molecule has 4 aliphatic carbocycles. The third-order valence-corrected chi connectivity index (χ3v) is 9.93. The van der Waals surface area contributed by atoms with E-state index in [1.54, 1.807) is 0 Å². The summed E-state index contributed by atoms with van der Waals surface area (Å²) in [5.74, 6) is -2.01. The minimum absolute atomic E-state index is 0.0264. The Morgan fingerprint density at radius 2 is 1.75 bits per heavy atom. The van der Waals surface area contributed by atoms with Gasteiger partial charge in [-0.05, 0) is 85.9 Å².